The third-order valence-electron chi connectivity index (χ3n) is 4.33. The molecule has 2 aliphatic rings. The Hall–Kier alpha value is -3.72. The molecule has 8 nitrogen and oxygen atoms in total. The Morgan fingerprint density at radius 3 is 2.62 bits per heavy atom. The Morgan fingerprint density at radius 1 is 1.10 bits per heavy atom. The Kier molecular flexibility index (Phi) is 4.73. The average molecular weight is 410 g/mol. The van der Waals surface area contributed by atoms with Gasteiger partial charge in [0.15, 0.2) is 16.6 Å². The lowest BCUT2D eigenvalue weighted by molar-refractivity contribution is -0.122. The summed E-state index contributed by atoms with van der Waals surface area (Å²) in [5.41, 5.74) is 0.663. The van der Waals surface area contributed by atoms with Crippen LogP contribution in [0.15, 0.2) is 48.0 Å². The van der Waals surface area contributed by atoms with Crippen molar-refractivity contribution in [3.05, 3.63) is 59.2 Å². The summed E-state index contributed by atoms with van der Waals surface area (Å²) in [5.74, 6) is -1.32. The van der Waals surface area contributed by atoms with E-state index < -0.39 is 17.8 Å². The van der Waals surface area contributed by atoms with Gasteiger partial charge in [0.1, 0.15) is 18.8 Å². The second-order valence-electron chi connectivity index (χ2n) is 6.22. The van der Waals surface area contributed by atoms with Crippen molar-refractivity contribution >= 4 is 46.9 Å². The normalized spacial score (nSPS) is 17.3. The number of ether oxygens (including phenoxy) is 2. The van der Waals surface area contributed by atoms with E-state index in [2.05, 4.69) is 5.32 Å². The summed E-state index contributed by atoms with van der Waals surface area (Å²) in [5, 5.41) is 11.5. The molecule has 2 aromatic rings. The molecule has 1 fully saturated rings. The number of carboxylic acids is 1. The number of carbonyl (C=O) groups is 3. The number of thiocarbonyl (C=S) groups is 1. The zero-order chi connectivity index (χ0) is 20.5. The summed E-state index contributed by atoms with van der Waals surface area (Å²) in [7, 11) is 0. The molecule has 2 N–H and O–H groups in total. The smallest absolute Gasteiger partial charge is 0.335 e. The highest BCUT2D eigenvalue weighted by molar-refractivity contribution is 7.80. The fourth-order valence-electron chi connectivity index (χ4n) is 2.99. The quantitative estimate of drug-likeness (QED) is 0.453. The molecule has 0 aromatic heterocycles. The second-order valence-corrected chi connectivity index (χ2v) is 6.60. The number of rotatable bonds is 3. The molecule has 0 saturated carbocycles. The third-order valence-corrected chi connectivity index (χ3v) is 4.61. The van der Waals surface area contributed by atoms with Crippen LogP contribution in [0.1, 0.15) is 15.9 Å². The molecule has 4 rings (SSSR count). The summed E-state index contributed by atoms with van der Waals surface area (Å²) in [6.07, 6.45) is 1.42. The Bertz CT molecular complexity index is 1090. The lowest BCUT2D eigenvalue weighted by Crippen LogP contribution is -2.54. The second kappa shape index (κ2) is 7.36. The van der Waals surface area contributed by atoms with Crippen LogP contribution in [0.4, 0.5) is 5.69 Å². The number of nitrogens with one attached hydrogen (secondary N) is 1. The lowest BCUT2D eigenvalue weighted by atomic mass is 10.1. The van der Waals surface area contributed by atoms with Gasteiger partial charge in [-0.1, -0.05) is 12.1 Å². The predicted molar refractivity (Wildman–Crippen MR) is 107 cm³/mol. The maximum Gasteiger partial charge on any atom is 0.335 e. The summed E-state index contributed by atoms with van der Waals surface area (Å²) in [6.45, 7) is 0.866. The molecule has 0 radical (unpaired) electrons. The largest absolute Gasteiger partial charge is 0.486 e. The van der Waals surface area contributed by atoms with Crippen LogP contribution >= 0.6 is 12.2 Å². The molecule has 9 heteroatoms. The molecule has 146 valence electrons. The number of nitrogens with zero attached hydrogens (tertiary/aromatic N) is 1. The SMILES string of the molecule is O=C1NC(=S)N(c2cccc(C(=O)O)c2)C(=O)C1=Cc1ccc2c(c1)OCCO2. The zero-order valence-electron chi connectivity index (χ0n) is 14.9. The first-order valence-corrected chi connectivity index (χ1v) is 8.99. The number of hydrogen-bond donors (Lipinski definition) is 2. The zero-order valence-corrected chi connectivity index (χ0v) is 15.7. The third kappa shape index (κ3) is 3.55. The summed E-state index contributed by atoms with van der Waals surface area (Å²) in [6, 6.07) is 10.8. The Morgan fingerprint density at radius 2 is 1.86 bits per heavy atom. The van der Waals surface area contributed by atoms with Crippen molar-refractivity contribution in [3.63, 3.8) is 0 Å². The molecule has 0 aliphatic carbocycles. The highest BCUT2D eigenvalue weighted by Gasteiger charge is 2.34. The first-order chi connectivity index (χ1) is 13.9. The number of carbonyl (C=O) groups excluding carboxylic acids is 2. The molecular weight excluding hydrogens is 396 g/mol. The van der Waals surface area contributed by atoms with E-state index >= 15 is 0 Å². The predicted octanol–water partition coefficient (Wildman–Crippen LogP) is 1.99. The van der Waals surface area contributed by atoms with Crippen molar-refractivity contribution in [3.8, 4) is 11.5 Å². The van der Waals surface area contributed by atoms with Crippen molar-refractivity contribution in [1.82, 2.24) is 5.32 Å². The number of amides is 2. The van der Waals surface area contributed by atoms with Crippen LogP contribution in [0.3, 0.4) is 0 Å². The molecule has 0 atom stereocenters. The van der Waals surface area contributed by atoms with Crippen molar-refractivity contribution in [2.75, 3.05) is 18.1 Å². The first-order valence-electron chi connectivity index (χ1n) is 8.58. The number of fused-ring (bicyclic) bond motifs is 1. The molecule has 1 saturated heterocycles. The topological polar surface area (TPSA) is 105 Å². The number of carboxylic acid groups (broad SMARTS) is 1. The Balaban J connectivity index is 1.71. The van der Waals surface area contributed by atoms with E-state index in [1.54, 1.807) is 18.2 Å². The fraction of sp³-hybridized carbons (Fsp3) is 0.100. The van der Waals surface area contributed by atoms with Crippen LogP contribution in [-0.4, -0.2) is 41.2 Å². The summed E-state index contributed by atoms with van der Waals surface area (Å²) >= 11 is 5.13. The van der Waals surface area contributed by atoms with E-state index in [4.69, 9.17) is 21.7 Å². The molecule has 0 bridgehead atoms. The highest BCUT2D eigenvalue weighted by Crippen LogP contribution is 2.32. The van der Waals surface area contributed by atoms with Gasteiger partial charge < -0.3 is 14.6 Å². The van der Waals surface area contributed by atoms with Gasteiger partial charge in [-0.2, -0.15) is 0 Å². The van der Waals surface area contributed by atoms with Crippen molar-refractivity contribution < 1.29 is 29.0 Å². The van der Waals surface area contributed by atoms with Gasteiger partial charge in [-0.15, -0.1) is 0 Å². The maximum absolute atomic E-state index is 13.0. The van der Waals surface area contributed by atoms with E-state index in [1.807, 2.05) is 0 Å². The monoisotopic (exact) mass is 410 g/mol. The van der Waals surface area contributed by atoms with Crippen LogP contribution in [-0.2, 0) is 9.59 Å². The fourth-order valence-corrected chi connectivity index (χ4v) is 3.27. The van der Waals surface area contributed by atoms with E-state index in [1.165, 1.54) is 30.3 Å². The van der Waals surface area contributed by atoms with Crippen molar-refractivity contribution in [1.29, 1.82) is 0 Å². The van der Waals surface area contributed by atoms with E-state index in [-0.39, 0.29) is 21.9 Å². The number of benzene rings is 2. The molecule has 29 heavy (non-hydrogen) atoms. The van der Waals surface area contributed by atoms with Crippen LogP contribution in [0.5, 0.6) is 11.5 Å². The van der Waals surface area contributed by atoms with Crippen molar-refractivity contribution in [2.45, 2.75) is 0 Å². The minimum atomic E-state index is -1.14. The summed E-state index contributed by atoms with van der Waals surface area (Å²) < 4.78 is 11.0. The van der Waals surface area contributed by atoms with E-state index in [9.17, 15) is 19.5 Å². The van der Waals surface area contributed by atoms with Crippen LogP contribution in [0, 0.1) is 0 Å². The number of aromatic carboxylic acids is 1. The summed E-state index contributed by atoms with van der Waals surface area (Å²) in [4.78, 5) is 37.7. The minimum Gasteiger partial charge on any atom is -0.486 e. The van der Waals surface area contributed by atoms with Gasteiger partial charge in [-0.25, -0.2) is 4.79 Å². The highest BCUT2D eigenvalue weighted by atomic mass is 32.1. The molecule has 2 heterocycles. The van der Waals surface area contributed by atoms with Gasteiger partial charge in [0, 0.05) is 0 Å². The van der Waals surface area contributed by atoms with E-state index in [0.29, 0.717) is 30.3 Å². The molecular formula is C20H14N2O6S. The van der Waals surface area contributed by atoms with Gasteiger partial charge in [0.2, 0.25) is 0 Å². The number of anilines is 1. The first kappa shape index (κ1) is 18.6. The molecule has 2 amide bonds. The average Bonchev–Trinajstić information content (AvgIpc) is 2.71. The van der Waals surface area contributed by atoms with Crippen LogP contribution in [0.25, 0.3) is 6.08 Å². The van der Waals surface area contributed by atoms with Gasteiger partial charge >= 0.3 is 5.97 Å². The molecule has 2 aliphatic heterocycles. The van der Waals surface area contributed by atoms with Crippen molar-refractivity contribution in [2.24, 2.45) is 0 Å². The minimum absolute atomic E-state index is 0.00707. The lowest BCUT2D eigenvalue weighted by Gasteiger charge is -2.29. The van der Waals surface area contributed by atoms with Crippen LogP contribution in [0.2, 0.25) is 0 Å². The van der Waals surface area contributed by atoms with E-state index in [0.717, 1.165) is 4.90 Å². The maximum atomic E-state index is 13.0. The number of hydrogen-bond acceptors (Lipinski definition) is 6. The molecule has 0 spiro atoms. The molecule has 2 aromatic carbocycles. The van der Waals surface area contributed by atoms with Gasteiger partial charge in [0.05, 0.1) is 11.3 Å². The molecule has 0 unspecified atom stereocenters. The van der Waals surface area contributed by atoms with Gasteiger partial charge in [0.25, 0.3) is 11.8 Å². The Labute approximate surface area is 170 Å². The van der Waals surface area contributed by atoms with Gasteiger partial charge in [-0.3, -0.25) is 19.8 Å². The standard InChI is InChI=1S/C20H14N2O6S/c23-17-14(8-11-4-5-15-16(9-11)28-7-6-27-15)18(24)22(20(29)21-17)13-3-1-2-12(10-13)19(25)26/h1-5,8-10H,6-7H2,(H,25,26)(H,21,23,29). The van der Waals surface area contributed by atoms with Gasteiger partial charge in [-0.05, 0) is 54.2 Å². The van der Waals surface area contributed by atoms with Crippen LogP contribution < -0.4 is 19.7 Å².